The van der Waals surface area contributed by atoms with Crippen molar-refractivity contribution in [2.75, 3.05) is 0 Å². The number of rotatable bonds is 12. The Bertz CT molecular complexity index is 389. The average Bonchev–Trinajstić information content (AvgIpc) is 2.85. The second kappa shape index (κ2) is 11.4. The van der Waals surface area contributed by atoms with Gasteiger partial charge in [0, 0.05) is 12.8 Å². The van der Waals surface area contributed by atoms with Gasteiger partial charge in [-0.05, 0) is 50.0 Å². The minimum atomic E-state index is -0.742. The number of hydrogen-bond acceptors (Lipinski definition) is 3. The first kappa shape index (κ1) is 19.9. The van der Waals surface area contributed by atoms with Crippen LogP contribution in [0.2, 0.25) is 0 Å². The van der Waals surface area contributed by atoms with Gasteiger partial charge in [-0.2, -0.15) is 0 Å². The molecule has 4 nitrogen and oxygen atoms in total. The Labute approximate surface area is 140 Å². The fourth-order valence-electron chi connectivity index (χ4n) is 3.42. The van der Waals surface area contributed by atoms with Crippen molar-refractivity contribution in [2.45, 2.75) is 83.7 Å². The maximum absolute atomic E-state index is 11.8. The summed E-state index contributed by atoms with van der Waals surface area (Å²) in [6.07, 6.45) is 12.7. The van der Waals surface area contributed by atoms with E-state index in [1.54, 1.807) is 6.08 Å². The fraction of sp³-hybridized carbons (Fsp3) is 0.789. The quantitative estimate of drug-likeness (QED) is 0.418. The molecule has 3 unspecified atom stereocenters. The van der Waals surface area contributed by atoms with E-state index < -0.39 is 5.97 Å². The van der Waals surface area contributed by atoms with Gasteiger partial charge in [-0.1, -0.05) is 38.7 Å². The largest absolute Gasteiger partial charge is 0.481 e. The number of aliphatic hydroxyl groups excluding tert-OH is 1. The summed E-state index contributed by atoms with van der Waals surface area (Å²) in [5, 5.41) is 18.8. The molecule has 1 fully saturated rings. The summed E-state index contributed by atoms with van der Waals surface area (Å²) in [5.41, 5.74) is 0. The zero-order valence-electron chi connectivity index (χ0n) is 14.4. The highest BCUT2D eigenvalue weighted by atomic mass is 16.4. The molecule has 0 saturated heterocycles. The molecule has 0 aliphatic heterocycles. The first-order valence-corrected chi connectivity index (χ1v) is 9.15. The summed E-state index contributed by atoms with van der Waals surface area (Å²) in [6, 6.07) is 0. The molecule has 0 aromatic carbocycles. The van der Waals surface area contributed by atoms with Crippen LogP contribution in [0, 0.1) is 11.8 Å². The van der Waals surface area contributed by atoms with Crippen LogP contribution < -0.4 is 0 Å². The number of hydrogen-bond donors (Lipinski definition) is 2. The molecule has 0 radical (unpaired) electrons. The maximum Gasteiger partial charge on any atom is 0.303 e. The SMILES string of the molecule is CCCCCC(=O)C=CC1CCC(O)C1CCCCCC(=O)O. The molecule has 1 aliphatic rings. The molecule has 0 amide bonds. The highest BCUT2D eigenvalue weighted by Gasteiger charge is 2.32. The molecular weight excluding hydrogens is 292 g/mol. The van der Waals surface area contributed by atoms with Crippen molar-refractivity contribution in [2.24, 2.45) is 11.8 Å². The van der Waals surface area contributed by atoms with Crippen LogP contribution in [0.15, 0.2) is 12.2 Å². The average molecular weight is 324 g/mol. The topological polar surface area (TPSA) is 74.6 Å². The summed E-state index contributed by atoms with van der Waals surface area (Å²) in [4.78, 5) is 22.3. The van der Waals surface area contributed by atoms with E-state index in [4.69, 9.17) is 5.11 Å². The van der Waals surface area contributed by atoms with Crippen molar-refractivity contribution in [1.29, 1.82) is 0 Å². The molecule has 3 atom stereocenters. The number of ketones is 1. The number of carboxylic acids is 1. The third kappa shape index (κ3) is 8.31. The Morgan fingerprint density at radius 1 is 1.04 bits per heavy atom. The fourth-order valence-corrected chi connectivity index (χ4v) is 3.42. The van der Waals surface area contributed by atoms with Gasteiger partial charge in [-0.3, -0.25) is 9.59 Å². The molecule has 0 spiro atoms. The van der Waals surface area contributed by atoms with Gasteiger partial charge >= 0.3 is 5.97 Å². The van der Waals surface area contributed by atoms with Gasteiger partial charge in [0.25, 0.3) is 0 Å². The molecule has 0 bridgehead atoms. The highest BCUT2D eigenvalue weighted by molar-refractivity contribution is 5.89. The Balaban J connectivity index is 2.32. The third-order valence-electron chi connectivity index (χ3n) is 4.82. The lowest BCUT2D eigenvalue weighted by Crippen LogP contribution is -2.18. The first-order valence-electron chi connectivity index (χ1n) is 9.15. The van der Waals surface area contributed by atoms with E-state index in [1.165, 1.54) is 0 Å². The lowest BCUT2D eigenvalue weighted by atomic mass is 9.88. The van der Waals surface area contributed by atoms with E-state index in [1.807, 2.05) is 6.08 Å². The van der Waals surface area contributed by atoms with E-state index in [-0.39, 0.29) is 24.2 Å². The van der Waals surface area contributed by atoms with Crippen LogP contribution in [0.1, 0.15) is 77.6 Å². The number of aliphatic carboxylic acids is 1. The molecule has 2 N–H and O–H groups in total. The minimum Gasteiger partial charge on any atom is -0.481 e. The van der Waals surface area contributed by atoms with Crippen molar-refractivity contribution in [3.05, 3.63) is 12.2 Å². The second-order valence-corrected chi connectivity index (χ2v) is 6.75. The van der Waals surface area contributed by atoms with Gasteiger partial charge in [-0.25, -0.2) is 0 Å². The molecular formula is C19H32O4. The standard InChI is InChI=1S/C19H32O4/c1-2-3-5-8-16(20)13-11-15-12-14-18(21)17(15)9-6-4-7-10-19(22)23/h11,13,15,17-18,21H,2-10,12,14H2,1H3,(H,22,23). The van der Waals surface area contributed by atoms with Gasteiger partial charge in [0.05, 0.1) is 6.10 Å². The monoisotopic (exact) mass is 324 g/mol. The number of carbonyl (C=O) groups excluding carboxylic acids is 1. The molecule has 23 heavy (non-hydrogen) atoms. The Kier molecular flexibility index (Phi) is 9.85. The summed E-state index contributed by atoms with van der Waals surface area (Å²) < 4.78 is 0. The van der Waals surface area contributed by atoms with Gasteiger partial charge in [0.1, 0.15) is 0 Å². The van der Waals surface area contributed by atoms with E-state index in [9.17, 15) is 14.7 Å². The first-order chi connectivity index (χ1) is 11.0. The molecule has 0 heterocycles. The Morgan fingerprint density at radius 2 is 1.78 bits per heavy atom. The van der Waals surface area contributed by atoms with Gasteiger partial charge in [0.15, 0.2) is 5.78 Å². The van der Waals surface area contributed by atoms with Crippen LogP contribution in [0.3, 0.4) is 0 Å². The predicted molar refractivity (Wildman–Crippen MR) is 91.2 cm³/mol. The van der Waals surface area contributed by atoms with E-state index in [2.05, 4.69) is 6.92 Å². The van der Waals surface area contributed by atoms with Gasteiger partial charge in [-0.15, -0.1) is 0 Å². The molecule has 1 rings (SSSR count). The number of carbonyl (C=O) groups is 2. The summed E-state index contributed by atoms with van der Waals surface area (Å²) in [7, 11) is 0. The summed E-state index contributed by atoms with van der Waals surface area (Å²) >= 11 is 0. The Morgan fingerprint density at radius 3 is 2.48 bits per heavy atom. The van der Waals surface area contributed by atoms with Crippen LogP contribution in [0.4, 0.5) is 0 Å². The number of unbranched alkanes of at least 4 members (excludes halogenated alkanes) is 4. The van der Waals surface area contributed by atoms with Gasteiger partial charge < -0.3 is 10.2 Å². The smallest absolute Gasteiger partial charge is 0.303 e. The van der Waals surface area contributed by atoms with Crippen LogP contribution >= 0.6 is 0 Å². The Hall–Kier alpha value is -1.16. The molecule has 4 heteroatoms. The molecule has 132 valence electrons. The van der Waals surface area contributed by atoms with Crippen LogP contribution in [0.5, 0.6) is 0 Å². The number of allylic oxidation sites excluding steroid dienone is 2. The van der Waals surface area contributed by atoms with Crippen molar-refractivity contribution >= 4 is 11.8 Å². The molecule has 0 aromatic heterocycles. The second-order valence-electron chi connectivity index (χ2n) is 6.75. The van der Waals surface area contributed by atoms with Crippen molar-refractivity contribution in [3.8, 4) is 0 Å². The summed E-state index contributed by atoms with van der Waals surface area (Å²) in [6.45, 7) is 2.13. The predicted octanol–water partition coefficient (Wildman–Crippen LogP) is 4.11. The molecule has 1 aliphatic carbocycles. The van der Waals surface area contributed by atoms with Crippen molar-refractivity contribution in [1.82, 2.24) is 0 Å². The lowest BCUT2D eigenvalue weighted by molar-refractivity contribution is -0.137. The van der Waals surface area contributed by atoms with E-state index in [0.717, 1.165) is 51.4 Å². The molecule has 1 saturated carbocycles. The van der Waals surface area contributed by atoms with E-state index in [0.29, 0.717) is 18.8 Å². The third-order valence-corrected chi connectivity index (χ3v) is 4.82. The highest BCUT2D eigenvalue weighted by Crippen LogP contribution is 2.36. The van der Waals surface area contributed by atoms with Crippen LogP contribution in [-0.4, -0.2) is 28.1 Å². The number of aliphatic hydroxyl groups is 1. The lowest BCUT2D eigenvalue weighted by Gasteiger charge is -2.19. The minimum absolute atomic E-state index is 0.194. The maximum atomic E-state index is 11.8. The zero-order valence-corrected chi connectivity index (χ0v) is 14.4. The van der Waals surface area contributed by atoms with Crippen molar-refractivity contribution in [3.63, 3.8) is 0 Å². The molecule has 0 aromatic rings. The van der Waals surface area contributed by atoms with E-state index >= 15 is 0 Å². The zero-order chi connectivity index (χ0) is 17.1. The van der Waals surface area contributed by atoms with Gasteiger partial charge in [0.2, 0.25) is 0 Å². The normalized spacial score (nSPS) is 24.3. The summed E-state index contributed by atoms with van der Waals surface area (Å²) in [5.74, 6) is -0.0348. The van der Waals surface area contributed by atoms with Crippen LogP contribution in [-0.2, 0) is 9.59 Å². The van der Waals surface area contributed by atoms with Crippen LogP contribution in [0.25, 0.3) is 0 Å². The van der Waals surface area contributed by atoms with Crippen molar-refractivity contribution < 1.29 is 19.8 Å². The number of carboxylic acid groups (broad SMARTS) is 1.